The molecule has 0 saturated carbocycles. The highest BCUT2D eigenvalue weighted by atomic mass is 35.5. The third kappa shape index (κ3) is 3.01. The summed E-state index contributed by atoms with van der Waals surface area (Å²) in [6.07, 6.45) is 0. The highest BCUT2D eigenvalue weighted by molar-refractivity contribution is 6.30. The van der Waals surface area contributed by atoms with E-state index < -0.39 is 0 Å². The van der Waals surface area contributed by atoms with Crippen LogP contribution in [0.4, 0.5) is 10.5 Å². The first-order valence-electron chi connectivity index (χ1n) is 8.37. The largest absolute Gasteiger partial charge is 0.339 e. The van der Waals surface area contributed by atoms with E-state index in [2.05, 4.69) is 32.6 Å². The van der Waals surface area contributed by atoms with Gasteiger partial charge in [0.05, 0.1) is 5.71 Å². The summed E-state index contributed by atoms with van der Waals surface area (Å²) in [6, 6.07) is 6.71. The lowest BCUT2D eigenvalue weighted by Crippen LogP contribution is -2.60. The predicted molar refractivity (Wildman–Crippen MR) is 95.5 cm³/mol. The molecule has 4 aliphatic heterocycles. The van der Waals surface area contributed by atoms with Crippen LogP contribution in [-0.4, -0.2) is 60.8 Å². The number of nitrogens with one attached hydrogen (secondary N) is 2. The van der Waals surface area contributed by atoms with Gasteiger partial charge < -0.3 is 15.1 Å². The normalized spacial score (nSPS) is 35.8. The van der Waals surface area contributed by atoms with Gasteiger partial charge in [-0.25, -0.2) is 10.2 Å². The molecule has 0 aromatic heterocycles. The van der Waals surface area contributed by atoms with E-state index in [1.54, 1.807) is 24.3 Å². The van der Waals surface area contributed by atoms with Gasteiger partial charge in [-0.15, -0.1) is 0 Å². The number of hydrazone groups is 1. The Morgan fingerprint density at radius 1 is 1.21 bits per heavy atom. The lowest BCUT2D eigenvalue weighted by molar-refractivity contribution is 0.130. The molecule has 0 spiro atoms. The maximum Gasteiger partial charge on any atom is 0.339 e. The summed E-state index contributed by atoms with van der Waals surface area (Å²) in [5.74, 6) is 0.413. The van der Waals surface area contributed by atoms with Gasteiger partial charge in [-0.1, -0.05) is 18.5 Å². The molecule has 4 aliphatic rings. The number of urea groups is 1. The molecule has 128 valence electrons. The highest BCUT2D eigenvalue weighted by Crippen LogP contribution is 2.37. The van der Waals surface area contributed by atoms with Gasteiger partial charge in [0, 0.05) is 61.3 Å². The van der Waals surface area contributed by atoms with E-state index in [9.17, 15) is 4.79 Å². The van der Waals surface area contributed by atoms with Crippen molar-refractivity contribution in [2.45, 2.75) is 6.92 Å². The molecule has 2 unspecified atom stereocenters. The fourth-order valence-electron chi connectivity index (χ4n) is 4.33. The van der Waals surface area contributed by atoms with Crippen molar-refractivity contribution < 1.29 is 4.79 Å². The molecular formula is C17H22ClN5O. The number of carbonyl (C=O) groups excluding carboxylic acids is 1. The molecule has 4 fully saturated rings. The van der Waals surface area contributed by atoms with Crippen LogP contribution in [0.3, 0.4) is 0 Å². The monoisotopic (exact) mass is 347 g/mol. The first-order valence-corrected chi connectivity index (χ1v) is 8.75. The Bertz CT molecular complexity index is 658. The van der Waals surface area contributed by atoms with Gasteiger partial charge in [0.15, 0.2) is 0 Å². The molecule has 4 heterocycles. The molecule has 6 nitrogen and oxygen atoms in total. The minimum atomic E-state index is -0.319. The molecule has 0 aliphatic carbocycles. The second kappa shape index (κ2) is 6.02. The van der Waals surface area contributed by atoms with Crippen molar-refractivity contribution in [3.63, 3.8) is 0 Å². The maximum atomic E-state index is 12.1. The SMILES string of the molecule is CC12CN3CCN(CC(C3)/C1=N\NC(=O)Nc1ccc(Cl)cc1)C2. The van der Waals surface area contributed by atoms with Gasteiger partial charge in [-0.3, -0.25) is 0 Å². The van der Waals surface area contributed by atoms with Crippen LogP contribution in [-0.2, 0) is 0 Å². The summed E-state index contributed by atoms with van der Waals surface area (Å²) in [5.41, 5.74) is 4.56. The number of piperidine rings is 2. The van der Waals surface area contributed by atoms with Crippen molar-refractivity contribution in [3.05, 3.63) is 29.3 Å². The molecule has 5 rings (SSSR count). The van der Waals surface area contributed by atoms with Crippen LogP contribution in [0.15, 0.2) is 29.4 Å². The van der Waals surface area contributed by atoms with Crippen molar-refractivity contribution in [2.24, 2.45) is 16.4 Å². The first kappa shape index (κ1) is 15.9. The summed E-state index contributed by atoms with van der Waals surface area (Å²) < 4.78 is 0. The van der Waals surface area contributed by atoms with E-state index in [0.717, 1.165) is 45.0 Å². The van der Waals surface area contributed by atoms with E-state index in [0.29, 0.717) is 16.6 Å². The Hall–Kier alpha value is -1.63. The molecular weight excluding hydrogens is 326 g/mol. The molecule has 7 heteroatoms. The average molecular weight is 348 g/mol. The van der Waals surface area contributed by atoms with Crippen LogP contribution in [0, 0.1) is 11.3 Å². The molecule has 2 amide bonds. The molecule has 0 radical (unpaired) electrons. The van der Waals surface area contributed by atoms with Crippen molar-refractivity contribution in [1.82, 2.24) is 15.2 Å². The fourth-order valence-corrected chi connectivity index (χ4v) is 4.45. The number of halogens is 1. The number of carbonyl (C=O) groups is 1. The number of fused-ring (bicyclic) bond motifs is 1. The molecule has 1 aromatic rings. The molecule has 4 bridgehead atoms. The molecule has 2 N–H and O–H groups in total. The van der Waals surface area contributed by atoms with Crippen molar-refractivity contribution in [1.29, 1.82) is 0 Å². The van der Waals surface area contributed by atoms with Gasteiger partial charge in [-0.05, 0) is 24.3 Å². The van der Waals surface area contributed by atoms with E-state index in [4.69, 9.17) is 11.6 Å². The minimum Gasteiger partial charge on any atom is -0.307 e. The third-order valence-electron chi connectivity index (χ3n) is 5.22. The van der Waals surface area contributed by atoms with E-state index in [1.165, 1.54) is 0 Å². The number of hydrogen-bond donors (Lipinski definition) is 2. The average Bonchev–Trinajstić information content (AvgIpc) is 2.76. The lowest BCUT2D eigenvalue weighted by Gasteiger charge is -2.48. The van der Waals surface area contributed by atoms with Crippen molar-refractivity contribution >= 4 is 29.0 Å². The summed E-state index contributed by atoms with van der Waals surface area (Å²) in [5, 5.41) is 7.95. The Labute approximate surface area is 146 Å². The van der Waals surface area contributed by atoms with Gasteiger partial charge in [0.1, 0.15) is 0 Å². The number of benzene rings is 1. The van der Waals surface area contributed by atoms with Crippen LogP contribution in [0.2, 0.25) is 5.02 Å². The van der Waals surface area contributed by atoms with Crippen LogP contribution in [0.1, 0.15) is 6.92 Å². The molecule has 4 saturated heterocycles. The van der Waals surface area contributed by atoms with Gasteiger partial charge >= 0.3 is 6.03 Å². The smallest absolute Gasteiger partial charge is 0.307 e. The molecule has 24 heavy (non-hydrogen) atoms. The highest BCUT2D eigenvalue weighted by Gasteiger charge is 2.49. The fraction of sp³-hybridized carbons (Fsp3) is 0.529. The minimum absolute atomic E-state index is 0.0330. The Balaban J connectivity index is 1.45. The number of anilines is 1. The van der Waals surface area contributed by atoms with E-state index >= 15 is 0 Å². The van der Waals surface area contributed by atoms with Crippen molar-refractivity contribution in [2.75, 3.05) is 44.6 Å². The number of amides is 2. The van der Waals surface area contributed by atoms with Crippen LogP contribution in [0.5, 0.6) is 0 Å². The number of rotatable bonds is 2. The van der Waals surface area contributed by atoms with Crippen LogP contribution >= 0.6 is 11.6 Å². The maximum absolute atomic E-state index is 12.1. The second-order valence-corrected chi connectivity index (χ2v) is 7.73. The standard InChI is InChI=1S/C17H22ClN5O/c1-17-10-22-6-7-23(11-17)9-12(8-22)15(17)20-21-16(24)19-14-4-2-13(18)3-5-14/h2-5,12H,6-11H2,1H3,(H2,19,21,24)/b20-15+. The Morgan fingerprint density at radius 2 is 1.83 bits per heavy atom. The van der Waals surface area contributed by atoms with Crippen LogP contribution < -0.4 is 10.7 Å². The summed E-state index contributed by atoms with van der Waals surface area (Å²) in [6.45, 7) is 8.70. The number of nitrogens with zero attached hydrogens (tertiary/aromatic N) is 3. The quantitative estimate of drug-likeness (QED) is 0.805. The van der Waals surface area contributed by atoms with E-state index in [1.807, 2.05) is 0 Å². The zero-order valence-electron chi connectivity index (χ0n) is 13.8. The van der Waals surface area contributed by atoms with E-state index in [-0.39, 0.29) is 11.4 Å². The first-order chi connectivity index (χ1) is 11.5. The zero-order chi connectivity index (χ0) is 16.7. The van der Waals surface area contributed by atoms with Gasteiger partial charge in [0.2, 0.25) is 0 Å². The number of hydrogen-bond acceptors (Lipinski definition) is 4. The second-order valence-electron chi connectivity index (χ2n) is 7.30. The van der Waals surface area contributed by atoms with Gasteiger partial charge in [-0.2, -0.15) is 5.10 Å². The zero-order valence-corrected chi connectivity index (χ0v) is 14.5. The summed E-state index contributed by atoms with van der Waals surface area (Å²) in [7, 11) is 0. The Morgan fingerprint density at radius 3 is 2.42 bits per heavy atom. The predicted octanol–water partition coefficient (Wildman–Crippen LogP) is 2.08. The molecule has 1 aromatic carbocycles. The third-order valence-corrected chi connectivity index (χ3v) is 5.47. The van der Waals surface area contributed by atoms with Crippen LogP contribution in [0.25, 0.3) is 0 Å². The summed E-state index contributed by atoms with van der Waals surface area (Å²) >= 11 is 5.85. The Kier molecular flexibility index (Phi) is 3.98. The summed E-state index contributed by atoms with van der Waals surface area (Å²) in [4.78, 5) is 17.2. The lowest BCUT2D eigenvalue weighted by atomic mass is 9.72. The van der Waals surface area contributed by atoms with Gasteiger partial charge in [0.25, 0.3) is 0 Å². The topological polar surface area (TPSA) is 60.0 Å². The van der Waals surface area contributed by atoms with Crippen molar-refractivity contribution in [3.8, 4) is 0 Å². The molecule has 2 atom stereocenters.